The smallest absolute Gasteiger partial charge is 0.320 e. The number of carbonyl (C=O) groups is 2. The monoisotopic (exact) mass is 778 g/mol. The number of aromatic amines is 1. The molecule has 13 heteroatoms. The molecule has 1 atom stereocenters. The standard InChI is InChI=1S/C41H44F2N2O7S2/c1-7-29-30-16-19-44-34(30)22-33(43)38(29)52-28-13-14-32(42)31(21-28)39-45-35(23-53-39)41(4,27-11-8-10-26(20-27)12-15-36(46)50-5)18-9-17-40(2,3)25-54(48,49)24-37(47)51-6/h7-8,10-11,13-14,16,19-23,44H,1,9,12,15,17-18,24-25H2,2-6H3. The van der Waals surface area contributed by atoms with Crippen LogP contribution in [0.5, 0.6) is 11.5 Å². The number of esters is 2. The van der Waals surface area contributed by atoms with Crippen molar-refractivity contribution in [3.05, 3.63) is 107 Å². The summed E-state index contributed by atoms with van der Waals surface area (Å²) in [6.07, 6.45) is 5.55. The van der Waals surface area contributed by atoms with Crippen molar-refractivity contribution < 1.29 is 41.0 Å². The Bertz CT molecular complexity index is 2280. The number of benzene rings is 3. The van der Waals surface area contributed by atoms with Crippen molar-refractivity contribution in [3.63, 3.8) is 0 Å². The Labute approximate surface area is 318 Å². The zero-order chi connectivity index (χ0) is 39.3. The second kappa shape index (κ2) is 16.6. The lowest BCUT2D eigenvalue weighted by atomic mass is 9.74. The van der Waals surface area contributed by atoms with Gasteiger partial charge in [-0.05, 0) is 67.0 Å². The largest absolute Gasteiger partial charge is 0.469 e. The fourth-order valence-electron chi connectivity index (χ4n) is 6.70. The lowest BCUT2D eigenvalue weighted by Crippen LogP contribution is -2.30. The molecule has 0 saturated carbocycles. The molecule has 9 nitrogen and oxygen atoms in total. The van der Waals surface area contributed by atoms with Crippen molar-refractivity contribution in [2.24, 2.45) is 5.41 Å². The maximum atomic E-state index is 15.5. The zero-order valence-electron chi connectivity index (χ0n) is 31.0. The van der Waals surface area contributed by atoms with Gasteiger partial charge in [0.15, 0.2) is 21.4 Å². The fourth-order valence-corrected chi connectivity index (χ4v) is 9.59. The van der Waals surface area contributed by atoms with Gasteiger partial charge in [-0.2, -0.15) is 0 Å². The highest BCUT2D eigenvalue weighted by Gasteiger charge is 2.34. The van der Waals surface area contributed by atoms with Crippen LogP contribution >= 0.6 is 11.3 Å². The number of hydrogen-bond donors (Lipinski definition) is 1. The number of rotatable bonds is 17. The van der Waals surface area contributed by atoms with Crippen molar-refractivity contribution in [2.45, 2.75) is 58.3 Å². The number of carbonyl (C=O) groups excluding carboxylic acids is 2. The van der Waals surface area contributed by atoms with Gasteiger partial charge >= 0.3 is 11.9 Å². The minimum Gasteiger partial charge on any atom is -0.469 e. The van der Waals surface area contributed by atoms with Crippen LogP contribution in [0.4, 0.5) is 8.78 Å². The molecule has 5 aromatic rings. The molecular weight excluding hydrogens is 735 g/mol. The Morgan fingerprint density at radius 1 is 0.981 bits per heavy atom. The molecular formula is C41H44F2N2O7S2. The van der Waals surface area contributed by atoms with Crippen molar-refractivity contribution in [1.29, 1.82) is 0 Å². The number of halogens is 2. The van der Waals surface area contributed by atoms with Gasteiger partial charge in [0.1, 0.15) is 22.3 Å². The topological polar surface area (TPSA) is 125 Å². The summed E-state index contributed by atoms with van der Waals surface area (Å²) >= 11 is 1.26. The number of ether oxygens (including phenoxy) is 3. The molecule has 0 aliphatic heterocycles. The molecule has 1 N–H and O–H groups in total. The van der Waals surface area contributed by atoms with Crippen LogP contribution in [-0.4, -0.2) is 56.0 Å². The van der Waals surface area contributed by atoms with Gasteiger partial charge < -0.3 is 19.2 Å². The van der Waals surface area contributed by atoms with Gasteiger partial charge in [-0.15, -0.1) is 11.3 Å². The molecule has 0 bridgehead atoms. The fraction of sp³-hybridized carbons (Fsp3) is 0.341. The van der Waals surface area contributed by atoms with Gasteiger partial charge in [-0.1, -0.05) is 57.2 Å². The average Bonchev–Trinajstić information content (AvgIpc) is 3.81. The second-order valence-electron chi connectivity index (χ2n) is 14.3. The lowest BCUT2D eigenvalue weighted by Gasteiger charge is -2.31. The summed E-state index contributed by atoms with van der Waals surface area (Å²) in [5.74, 6) is -2.94. The SMILES string of the molecule is C=Cc1c(Oc2ccc(F)c(-c3nc(C(C)(CCCC(C)(C)CS(=O)(=O)CC(=O)OC)c4cccc(CCC(=O)OC)c4)cs3)c2)c(F)cc2[nH]ccc12. The number of nitrogens with one attached hydrogen (secondary N) is 1. The van der Waals surface area contributed by atoms with Crippen molar-refractivity contribution >= 4 is 50.1 Å². The first kappa shape index (κ1) is 40.3. The van der Waals surface area contributed by atoms with Crippen LogP contribution in [0.1, 0.15) is 68.8 Å². The first-order chi connectivity index (χ1) is 25.6. The molecule has 2 heterocycles. The minimum absolute atomic E-state index is 0.0323. The van der Waals surface area contributed by atoms with E-state index in [0.29, 0.717) is 47.5 Å². The Balaban J connectivity index is 1.46. The van der Waals surface area contributed by atoms with E-state index in [-0.39, 0.29) is 35.2 Å². The van der Waals surface area contributed by atoms with Crippen LogP contribution < -0.4 is 4.74 Å². The van der Waals surface area contributed by atoms with Gasteiger partial charge in [-0.25, -0.2) is 22.2 Å². The summed E-state index contributed by atoms with van der Waals surface area (Å²) in [6.45, 7) is 9.58. The number of hydrogen-bond acceptors (Lipinski definition) is 9. The van der Waals surface area contributed by atoms with Crippen LogP contribution in [0.3, 0.4) is 0 Å². The molecule has 1 unspecified atom stereocenters. The van der Waals surface area contributed by atoms with Crippen LogP contribution in [0.25, 0.3) is 27.6 Å². The van der Waals surface area contributed by atoms with E-state index in [1.807, 2.05) is 50.4 Å². The number of sulfone groups is 1. The number of fused-ring (bicyclic) bond motifs is 1. The number of methoxy groups -OCH3 is 2. The van der Waals surface area contributed by atoms with Gasteiger partial charge in [0, 0.05) is 51.5 Å². The number of aryl methyl sites for hydroxylation is 1. The molecule has 0 fully saturated rings. The highest BCUT2D eigenvalue weighted by atomic mass is 32.2. The molecule has 286 valence electrons. The van der Waals surface area contributed by atoms with Crippen LogP contribution in [0, 0.1) is 17.0 Å². The molecule has 0 saturated heterocycles. The molecule has 0 amide bonds. The predicted octanol–water partition coefficient (Wildman–Crippen LogP) is 9.20. The van der Waals surface area contributed by atoms with E-state index >= 15 is 8.78 Å². The third-order valence-electron chi connectivity index (χ3n) is 9.58. The maximum Gasteiger partial charge on any atom is 0.320 e. The molecule has 0 aliphatic rings. The molecule has 0 spiro atoms. The lowest BCUT2D eigenvalue weighted by molar-refractivity contribution is -0.140. The third-order valence-corrected chi connectivity index (χ3v) is 12.4. The number of thiazole rings is 1. The zero-order valence-corrected chi connectivity index (χ0v) is 32.6. The average molecular weight is 779 g/mol. The number of nitrogens with zero attached hydrogens (tertiary/aromatic N) is 1. The van der Waals surface area contributed by atoms with Crippen LogP contribution in [-0.2, 0) is 40.7 Å². The van der Waals surface area contributed by atoms with Gasteiger partial charge in [0.25, 0.3) is 0 Å². The summed E-state index contributed by atoms with van der Waals surface area (Å²) in [6, 6.07) is 15.2. The summed E-state index contributed by atoms with van der Waals surface area (Å²) < 4.78 is 71.7. The molecule has 0 radical (unpaired) electrons. The van der Waals surface area contributed by atoms with E-state index < -0.39 is 44.0 Å². The van der Waals surface area contributed by atoms with Crippen LogP contribution in [0.2, 0.25) is 0 Å². The van der Waals surface area contributed by atoms with E-state index in [0.717, 1.165) is 23.6 Å². The summed E-state index contributed by atoms with van der Waals surface area (Å²) in [4.78, 5) is 31.6. The molecule has 2 aromatic heterocycles. The first-order valence-corrected chi connectivity index (χ1v) is 20.1. The molecule has 5 rings (SSSR count). The molecule has 54 heavy (non-hydrogen) atoms. The Morgan fingerprint density at radius 3 is 2.46 bits per heavy atom. The van der Waals surface area contributed by atoms with Crippen LogP contribution in [0.15, 0.2) is 72.8 Å². The van der Waals surface area contributed by atoms with E-state index in [1.54, 1.807) is 12.3 Å². The van der Waals surface area contributed by atoms with Crippen molar-refractivity contribution in [2.75, 3.05) is 25.7 Å². The summed E-state index contributed by atoms with van der Waals surface area (Å²) in [5.41, 5.74) is 2.39. The van der Waals surface area contributed by atoms with E-state index in [4.69, 9.17) is 14.5 Å². The van der Waals surface area contributed by atoms with E-state index in [9.17, 15) is 18.0 Å². The predicted molar refractivity (Wildman–Crippen MR) is 207 cm³/mol. The van der Waals surface area contributed by atoms with Gasteiger partial charge in [0.05, 0.1) is 25.7 Å². The number of aromatic nitrogens is 2. The minimum atomic E-state index is -3.71. The highest BCUT2D eigenvalue weighted by molar-refractivity contribution is 7.92. The van der Waals surface area contributed by atoms with E-state index in [2.05, 4.69) is 16.3 Å². The second-order valence-corrected chi connectivity index (χ2v) is 17.2. The summed E-state index contributed by atoms with van der Waals surface area (Å²) in [5, 5.41) is 3.00. The highest BCUT2D eigenvalue weighted by Crippen LogP contribution is 2.42. The number of H-pyrrole nitrogens is 1. The quantitative estimate of drug-likeness (QED) is 0.0927. The Kier molecular flexibility index (Phi) is 12.4. The Hall–Kier alpha value is -4.88. The van der Waals surface area contributed by atoms with Gasteiger partial charge in [0.2, 0.25) is 0 Å². The van der Waals surface area contributed by atoms with Crippen molar-refractivity contribution in [1.82, 2.24) is 9.97 Å². The van der Waals surface area contributed by atoms with Gasteiger partial charge in [-0.3, -0.25) is 9.59 Å². The normalized spacial score (nSPS) is 13.0. The van der Waals surface area contributed by atoms with E-state index in [1.165, 1.54) is 48.8 Å². The molecule has 3 aromatic carbocycles. The first-order valence-electron chi connectivity index (χ1n) is 17.4. The maximum absolute atomic E-state index is 15.5. The Morgan fingerprint density at radius 2 is 1.74 bits per heavy atom. The third kappa shape index (κ3) is 9.43. The molecule has 0 aliphatic carbocycles. The van der Waals surface area contributed by atoms with Crippen molar-refractivity contribution in [3.8, 4) is 22.1 Å². The summed E-state index contributed by atoms with van der Waals surface area (Å²) in [7, 11) is -1.20.